The fourth-order valence-corrected chi connectivity index (χ4v) is 4.47. The number of anilines is 1. The highest BCUT2D eigenvalue weighted by molar-refractivity contribution is 5.78. The zero-order chi connectivity index (χ0) is 20.1. The van der Waals surface area contributed by atoms with Crippen molar-refractivity contribution in [1.82, 2.24) is 25.2 Å². The van der Waals surface area contributed by atoms with E-state index in [-0.39, 0.29) is 11.8 Å². The molecule has 1 N–H and O–H groups in total. The van der Waals surface area contributed by atoms with E-state index in [9.17, 15) is 4.79 Å². The van der Waals surface area contributed by atoms with Crippen LogP contribution in [0.3, 0.4) is 0 Å². The van der Waals surface area contributed by atoms with Gasteiger partial charge in [0.1, 0.15) is 11.6 Å². The lowest BCUT2D eigenvalue weighted by Gasteiger charge is -2.42. The molecule has 2 aromatic heterocycles. The number of hydrogen-bond donors (Lipinski definition) is 1. The van der Waals surface area contributed by atoms with Crippen molar-refractivity contribution in [1.29, 1.82) is 0 Å². The van der Waals surface area contributed by atoms with Gasteiger partial charge in [-0.2, -0.15) is 0 Å². The molecule has 4 rings (SSSR count). The van der Waals surface area contributed by atoms with Gasteiger partial charge < -0.3 is 10.2 Å². The fraction of sp³-hybridized carbons (Fsp3) is 0.545. The number of carbonyl (C=O) groups excluding carboxylic acids is 1. The maximum atomic E-state index is 12.7. The van der Waals surface area contributed by atoms with Gasteiger partial charge in [0, 0.05) is 50.8 Å². The third-order valence-electron chi connectivity index (χ3n) is 6.08. The molecule has 2 aliphatic heterocycles. The molecular weight excluding hydrogens is 364 g/mol. The normalized spacial score (nSPS) is 21.1. The Bertz CT molecular complexity index is 806. The van der Waals surface area contributed by atoms with E-state index >= 15 is 0 Å². The Morgan fingerprint density at radius 2 is 2.03 bits per heavy atom. The Kier molecular flexibility index (Phi) is 6.34. The van der Waals surface area contributed by atoms with Gasteiger partial charge in [0.25, 0.3) is 0 Å². The van der Waals surface area contributed by atoms with Crippen molar-refractivity contribution in [3.8, 4) is 0 Å². The number of rotatable bonds is 5. The summed E-state index contributed by atoms with van der Waals surface area (Å²) < 4.78 is 0. The number of piperidine rings is 2. The van der Waals surface area contributed by atoms with Gasteiger partial charge in [0.2, 0.25) is 5.91 Å². The van der Waals surface area contributed by atoms with E-state index in [1.165, 1.54) is 0 Å². The lowest BCUT2D eigenvalue weighted by Crippen LogP contribution is -2.50. The van der Waals surface area contributed by atoms with E-state index in [1.54, 1.807) is 12.4 Å². The molecule has 7 nitrogen and oxygen atoms in total. The molecule has 1 unspecified atom stereocenters. The SMILES string of the molecule is Cc1nccc(N2CCC(N3CCCC(C(=O)NCc4cccnc4)C3)CC2)n1. The summed E-state index contributed by atoms with van der Waals surface area (Å²) in [5.74, 6) is 2.11. The minimum Gasteiger partial charge on any atom is -0.356 e. The standard InChI is InChI=1S/C22H30N6O/c1-17-24-10-6-21(26-17)27-12-7-20(8-13-27)28-11-3-5-19(16-28)22(29)25-15-18-4-2-9-23-14-18/h2,4,6,9-10,14,19-20H,3,5,7-8,11-13,15-16H2,1H3,(H,25,29). The molecule has 0 aromatic carbocycles. The van der Waals surface area contributed by atoms with Crippen molar-refractivity contribution in [2.75, 3.05) is 31.1 Å². The van der Waals surface area contributed by atoms with Crippen molar-refractivity contribution in [2.45, 2.75) is 45.2 Å². The van der Waals surface area contributed by atoms with Crippen LogP contribution in [0, 0.1) is 12.8 Å². The molecule has 2 aliphatic rings. The maximum absolute atomic E-state index is 12.7. The molecule has 0 bridgehead atoms. The van der Waals surface area contributed by atoms with Gasteiger partial charge >= 0.3 is 0 Å². The number of aromatic nitrogens is 3. The van der Waals surface area contributed by atoms with Crippen LogP contribution in [-0.2, 0) is 11.3 Å². The Labute approximate surface area is 172 Å². The third-order valence-corrected chi connectivity index (χ3v) is 6.08. The van der Waals surface area contributed by atoms with Crippen LogP contribution in [0.5, 0.6) is 0 Å². The quantitative estimate of drug-likeness (QED) is 0.838. The fourth-order valence-electron chi connectivity index (χ4n) is 4.47. The van der Waals surface area contributed by atoms with Gasteiger partial charge in [-0.3, -0.25) is 14.7 Å². The highest BCUT2D eigenvalue weighted by Crippen LogP contribution is 2.25. The first kappa shape index (κ1) is 19.8. The highest BCUT2D eigenvalue weighted by Gasteiger charge is 2.31. The first-order chi connectivity index (χ1) is 14.2. The van der Waals surface area contributed by atoms with E-state index in [2.05, 4.69) is 30.1 Å². The average Bonchev–Trinajstić information content (AvgIpc) is 2.78. The van der Waals surface area contributed by atoms with Crippen LogP contribution in [0.2, 0.25) is 0 Å². The Morgan fingerprint density at radius 1 is 1.17 bits per heavy atom. The second kappa shape index (κ2) is 9.31. The lowest BCUT2D eigenvalue weighted by atomic mass is 9.93. The predicted molar refractivity (Wildman–Crippen MR) is 112 cm³/mol. The van der Waals surface area contributed by atoms with Crippen molar-refractivity contribution >= 4 is 11.7 Å². The van der Waals surface area contributed by atoms with Gasteiger partial charge in [-0.05, 0) is 56.8 Å². The summed E-state index contributed by atoms with van der Waals surface area (Å²) in [5, 5.41) is 3.10. The molecule has 2 saturated heterocycles. The van der Waals surface area contributed by atoms with Gasteiger partial charge in [0.05, 0.1) is 5.92 Å². The molecule has 0 spiro atoms. The van der Waals surface area contributed by atoms with Crippen LogP contribution in [0.4, 0.5) is 5.82 Å². The topological polar surface area (TPSA) is 74.2 Å². The number of hydrogen-bond acceptors (Lipinski definition) is 6. The summed E-state index contributed by atoms with van der Waals surface area (Å²) >= 11 is 0. The molecule has 1 amide bonds. The van der Waals surface area contributed by atoms with Crippen LogP contribution in [-0.4, -0.2) is 58.0 Å². The molecule has 7 heteroatoms. The van der Waals surface area contributed by atoms with E-state index in [0.29, 0.717) is 12.6 Å². The van der Waals surface area contributed by atoms with Crippen LogP contribution >= 0.6 is 0 Å². The van der Waals surface area contributed by atoms with Gasteiger partial charge in [-0.1, -0.05) is 6.07 Å². The third kappa shape index (κ3) is 5.09. The smallest absolute Gasteiger partial charge is 0.224 e. The number of nitrogens with one attached hydrogen (secondary N) is 1. The monoisotopic (exact) mass is 394 g/mol. The maximum Gasteiger partial charge on any atom is 0.224 e. The van der Waals surface area contributed by atoms with E-state index in [1.807, 2.05) is 31.3 Å². The Balaban J connectivity index is 1.27. The molecule has 0 radical (unpaired) electrons. The van der Waals surface area contributed by atoms with Crippen molar-refractivity contribution in [3.05, 3.63) is 48.2 Å². The van der Waals surface area contributed by atoms with Gasteiger partial charge in [0.15, 0.2) is 0 Å². The molecule has 29 heavy (non-hydrogen) atoms. The molecular formula is C22H30N6O. The summed E-state index contributed by atoms with van der Waals surface area (Å²) in [5.41, 5.74) is 1.04. The summed E-state index contributed by atoms with van der Waals surface area (Å²) in [6.07, 6.45) is 9.70. The number of pyridine rings is 1. The summed E-state index contributed by atoms with van der Waals surface area (Å²) in [6, 6.07) is 6.45. The van der Waals surface area contributed by atoms with Crippen LogP contribution in [0.1, 0.15) is 37.1 Å². The van der Waals surface area contributed by atoms with Crippen molar-refractivity contribution in [2.24, 2.45) is 5.92 Å². The zero-order valence-electron chi connectivity index (χ0n) is 17.1. The molecule has 2 aromatic rings. The first-order valence-electron chi connectivity index (χ1n) is 10.6. The summed E-state index contributed by atoms with van der Waals surface area (Å²) in [7, 11) is 0. The van der Waals surface area contributed by atoms with E-state index in [0.717, 1.165) is 69.1 Å². The van der Waals surface area contributed by atoms with Gasteiger partial charge in [-0.15, -0.1) is 0 Å². The number of aryl methyl sites for hydroxylation is 1. The Morgan fingerprint density at radius 3 is 2.79 bits per heavy atom. The number of likely N-dealkylation sites (tertiary alicyclic amines) is 1. The van der Waals surface area contributed by atoms with Crippen LogP contribution in [0.15, 0.2) is 36.8 Å². The van der Waals surface area contributed by atoms with E-state index in [4.69, 9.17) is 0 Å². The summed E-state index contributed by atoms with van der Waals surface area (Å²) in [6.45, 7) is 6.48. The average molecular weight is 395 g/mol. The molecule has 0 aliphatic carbocycles. The first-order valence-corrected chi connectivity index (χ1v) is 10.6. The lowest BCUT2D eigenvalue weighted by molar-refractivity contribution is -0.127. The number of nitrogens with zero attached hydrogens (tertiary/aromatic N) is 5. The number of amides is 1. The second-order valence-electron chi connectivity index (χ2n) is 8.09. The molecule has 1 atom stereocenters. The van der Waals surface area contributed by atoms with Crippen molar-refractivity contribution < 1.29 is 4.79 Å². The van der Waals surface area contributed by atoms with Crippen LogP contribution in [0.25, 0.3) is 0 Å². The van der Waals surface area contributed by atoms with Gasteiger partial charge in [-0.25, -0.2) is 9.97 Å². The predicted octanol–water partition coefficient (Wildman–Crippen LogP) is 2.18. The second-order valence-corrected chi connectivity index (χ2v) is 8.09. The number of carbonyl (C=O) groups is 1. The molecule has 0 saturated carbocycles. The molecule has 154 valence electrons. The van der Waals surface area contributed by atoms with E-state index < -0.39 is 0 Å². The Hall–Kier alpha value is -2.54. The molecule has 2 fully saturated rings. The van der Waals surface area contributed by atoms with Crippen molar-refractivity contribution in [3.63, 3.8) is 0 Å². The highest BCUT2D eigenvalue weighted by atomic mass is 16.1. The zero-order valence-corrected chi connectivity index (χ0v) is 17.1. The summed E-state index contributed by atoms with van der Waals surface area (Å²) in [4.78, 5) is 30.4. The minimum absolute atomic E-state index is 0.0861. The molecule has 4 heterocycles. The largest absolute Gasteiger partial charge is 0.356 e. The minimum atomic E-state index is 0.0861. The van der Waals surface area contributed by atoms with Crippen LogP contribution < -0.4 is 10.2 Å².